The van der Waals surface area contributed by atoms with Crippen LogP contribution in [-0.2, 0) is 4.79 Å². The van der Waals surface area contributed by atoms with E-state index in [2.05, 4.69) is 10.2 Å². The summed E-state index contributed by atoms with van der Waals surface area (Å²) in [4.78, 5) is 14.1. The summed E-state index contributed by atoms with van der Waals surface area (Å²) >= 11 is 0. The van der Waals surface area contributed by atoms with Gasteiger partial charge in [0, 0.05) is 24.6 Å². The number of aromatic nitrogens is 2. The molecule has 1 aromatic carbocycles. The first-order chi connectivity index (χ1) is 11.2. The average molecular weight is 313 g/mol. The maximum absolute atomic E-state index is 12.1. The van der Waals surface area contributed by atoms with Crippen LogP contribution in [0.15, 0.2) is 28.7 Å². The van der Waals surface area contributed by atoms with Gasteiger partial charge in [-0.15, -0.1) is 10.2 Å². The van der Waals surface area contributed by atoms with E-state index in [1.54, 1.807) is 7.11 Å². The third-order valence-electron chi connectivity index (χ3n) is 4.55. The molecule has 23 heavy (non-hydrogen) atoms. The molecule has 2 fully saturated rings. The second-order valence-corrected chi connectivity index (χ2v) is 6.22. The summed E-state index contributed by atoms with van der Waals surface area (Å²) in [6, 6.07) is 7.52. The van der Waals surface area contributed by atoms with Gasteiger partial charge in [-0.25, -0.2) is 0 Å². The molecule has 1 atom stereocenters. The van der Waals surface area contributed by atoms with Gasteiger partial charge in [-0.1, -0.05) is 0 Å². The van der Waals surface area contributed by atoms with Crippen LogP contribution in [0.25, 0.3) is 11.5 Å². The lowest BCUT2D eigenvalue weighted by Crippen LogP contribution is -2.29. The first-order valence-electron chi connectivity index (χ1n) is 8.01. The molecule has 0 N–H and O–H groups in total. The number of likely N-dealkylation sites (tertiary alicyclic amines) is 1. The van der Waals surface area contributed by atoms with E-state index < -0.39 is 0 Å². The fraction of sp³-hybridized carbons (Fsp3) is 0.471. The molecule has 4 rings (SSSR count). The summed E-state index contributed by atoms with van der Waals surface area (Å²) in [5.41, 5.74) is 0.869. The highest BCUT2D eigenvalue weighted by Crippen LogP contribution is 2.35. The number of methoxy groups -OCH3 is 1. The lowest BCUT2D eigenvalue weighted by Gasteiger charge is -2.14. The monoisotopic (exact) mass is 313 g/mol. The number of ether oxygens (including phenoxy) is 1. The van der Waals surface area contributed by atoms with Crippen LogP contribution in [0.3, 0.4) is 0 Å². The highest BCUT2D eigenvalue weighted by atomic mass is 16.5. The minimum atomic E-state index is 0.150. The normalized spacial score (nSPS) is 20.7. The maximum atomic E-state index is 12.1. The van der Waals surface area contributed by atoms with Crippen LogP contribution < -0.4 is 4.74 Å². The highest BCUT2D eigenvalue weighted by Gasteiger charge is 2.38. The van der Waals surface area contributed by atoms with Crippen LogP contribution in [-0.4, -0.2) is 41.2 Å². The van der Waals surface area contributed by atoms with Crippen molar-refractivity contribution in [2.24, 2.45) is 5.92 Å². The summed E-state index contributed by atoms with van der Waals surface area (Å²) in [5, 5.41) is 8.33. The smallest absolute Gasteiger partial charge is 0.247 e. The number of benzene rings is 1. The molecule has 1 saturated heterocycles. The number of carbonyl (C=O) groups is 1. The van der Waals surface area contributed by atoms with E-state index >= 15 is 0 Å². The van der Waals surface area contributed by atoms with Gasteiger partial charge < -0.3 is 14.1 Å². The van der Waals surface area contributed by atoms with Gasteiger partial charge in [0.2, 0.25) is 17.7 Å². The average Bonchev–Trinajstić information content (AvgIpc) is 3.12. The third kappa shape index (κ3) is 2.81. The van der Waals surface area contributed by atoms with Crippen LogP contribution in [0.2, 0.25) is 0 Å². The van der Waals surface area contributed by atoms with Crippen molar-refractivity contribution < 1.29 is 13.9 Å². The number of hydrogen-bond acceptors (Lipinski definition) is 5. The molecule has 0 radical (unpaired) electrons. The fourth-order valence-electron chi connectivity index (χ4n) is 3.00. The zero-order chi connectivity index (χ0) is 15.8. The second-order valence-electron chi connectivity index (χ2n) is 6.22. The summed E-state index contributed by atoms with van der Waals surface area (Å²) < 4.78 is 11.0. The van der Waals surface area contributed by atoms with E-state index in [-0.39, 0.29) is 11.8 Å². The Labute approximate surface area is 134 Å². The number of carbonyl (C=O) groups excluding carboxylic acids is 1. The minimum Gasteiger partial charge on any atom is -0.497 e. The van der Waals surface area contributed by atoms with Crippen LogP contribution in [0.4, 0.5) is 0 Å². The van der Waals surface area contributed by atoms with Crippen LogP contribution in [0.1, 0.15) is 31.1 Å². The zero-order valence-corrected chi connectivity index (χ0v) is 13.1. The van der Waals surface area contributed by atoms with Crippen molar-refractivity contribution in [1.82, 2.24) is 15.1 Å². The van der Waals surface area contributed by atoms with E-state index in [1.165, 1.54) is 0 Å². The molecular formula is C17H19N3O3. The van der Waals surface area contributed by atoms with Crippen molar-refractivity contribution in [2.45, 2.75) is 25.2 Å². The van der Waals surface area contributed by atoms with Gasteiger partial charge >= 0.3 is 0 Å². The Bertz CT molecular complexity index is 706. The van der Waals surface area contributed by atoms with Crippen LogP contribution in [0, 0.1) is 5.92 Å². The summed E-state index contributed by atoms with van der Waals surface area (Å²) in [6.45, 7) is 1.49. The number of rotatable bonds is 4. The molecule has 2 heterocycles. The SMILES string of the molecule is COc1ccc(-c2nnc([C@H]3CCN(C(=O)C4CC4)C3)o2)cc1. The highest BCUT2D eigenvalue weighted by molar-refractivity contribution is 5.81. The Hall–Kier alpha value is -2.37. The van der Waals surface area contributed by atoms with Gasteiger partial charge in [-0.05, 0) is 43.5 Å². The predicted octanol–water partition coefficient (Wildman–Crippen LogP) is 2.47. The standard InChI is InChI=1S/C17H19N3O3/c1-22-14-6-4-11(5-7-14)15-18-19-16(23-15)13-8-9-20(10-13)17(21)12-2-3-12/h4-7,12-13H,2-3,8-10H2,1H3/t13-/m0/s1. The van der Waals surface area contributed by atoms with Gasteiger partial charge in [0.25, 0.3) is 0 Å². The molecule has 1 aliphatic heterocycles. The predicted molar refractivity (Wildman–Crippen MR) is 82.9 cm³/mol. The number of hydrogen-bond donors (Lipinski definition) is 0. The Kier molecular flexibility index (Phi) is 3.52. The number of amides is 1. The lowest BCUT2D eigenvalue weighted by molar-refractivity contribution is -0.131. The van der Waals surface area contributed by atoms with Crippen molar-refractivity contribution in [3.8, 4) is 17.2 Å². The molecule has 120 valence electrons. The van der Waals surface area contributed by atoms with Gasteiger partial charge in [0.05, 0.1) is 13.0 Å². The van der Waals surface area contributed by atoms with Gasteiger partial charge in [0.15, 0.2) is 0 Å². The Morgan fingerprint density at radius 1 is 1.22 bits per heavy atom. The molecular weight excluding hydrogens is 294 g/mol. The van der Waals surface area contributed by atoms with Gasteiger partial charge in [0.1, 0.15) is 5.75 Å². The topological polar surface area (TPSA) is 68.5 Å². The second kappa shape index (κ2) is 5.68. The molecule has 1 amide bonds. The van der Waals surface area contributed by atoms with E-state index in [0.29, 0.717) is 24.2 Å². The minimum absolute atomic E-state index is 0.150. The molecule has 0 spiro atoms. The molecule has 1 saturated carbocycles. The summed E-state index contributed by atoms with van der Waals surface area (Å²) in [6.07, 6.45) is 2.98. The van der Waals surface area contributed by atoms with E-state index in [0.717, 1.165) is 37.1 Å². The molecule has 1 aliphatic carbocycles. The van der Waals surface area contributed by atoms with Gasteiger partial charge in [-0.3, -0.25) is 4.79 Å². The third-order valence-corrected chi connectivity index (χ3v) is 4.55. The van der Waals surface area contributed by atoms with Crippen molar-refractivity contribution in [3.63, 3.8) is 0 Å². The maximum Gasteiger partial charge on any atom is 0.247 e. The quantitative estimate of drug-likeness (QED) is 0.867. The van der Waals surface area contributed by atoms with E-state index in [9.17, 15) is 4.79 Å². The summed E-state index contributed by atoms with van der Waals surface area (Å²) in [7, 11) is 1.63. The van der Waals surface area contributed by atoms with Crippen LogP contribution >= 0.6 is 0 Å². The molecule has 6 heteroatoms. The largest absolute Gasteiger partial charge is 0.497 e. The zero-order valence-electron chi connectivity index (χ0n) is 13.1. The molecule has 2 aliphatic rings. The van der Waals surface area contributed by atoms with Crippen LogP contribution in [0.5, 0.6) is 5.75 Å². The van der Waals surface area contributed by atoms with E-state index in [1.807, 2.05) is 29.2 Å². The summed E-state index contributed by atoms with van der Waals surface area (Å²) in [5.74, 6) is 2.64. The van der Waals surface area contributed by atoms with Gasteiger partial charge in [-0.2, -0.15) is 0 Å². The lowest BCUT2D eigenvalue weighted by atomic mass is 10.1. The fourth-order valence-corrected chi connectivity index (χ4v) is 3.00. The molecule has 6 nitrogen and oxygen atoms in total. The Balaban J connectivity index is 1.46. The first kappa shape index (κ1) is 14.2. The Morgan fingerprint density at radius 2 is 2.00 bits per heavy atom. The molecule has 0 bridgehead atoms. The molecule has 1 aromatic heterocycles. The first-order valence-corrected chi connectivity index (χ1v) is 8.01. The van der Waals surface area contributed by atoms with E-state index in [4.69, 9.17) is 9.15 Å². The van der Waals surface area contributed by atoms with Crippen molar-refractivity contribution in [3.05, 3.63) is 30.2 Å². The molecule has 2 aromatic rings. The molecule has 0 unspecified atom stereocenters. The van der Waals surface area contributed by atoms with Crippen molar-refractivity contribution in [2.75, 3.05) is 20.2 Å². The number of nitrogens with zero attached hydrogens (tertiary/aromatic N) is 3. The van der Waals surface area contributed by atoms with Crippen molar-refractivity contribution in [1.29, 1.82) is 0 Å². The Morgan fingerprint density at radius 3 is 2.70 bits per heavy atom. The van der Waals surface area contributed by atoms with Crippen molar-refractivity contribution >= 4 is 5.91 Å².